The van der Waals surface area contributed by atoms with Crippen LogP contribution in [0.2, 0.25) is 0 Å². The Bertz CT molecular complexity index is 678. The van der Waals surface area contributed by atoms with E-state index in [1.807, 2.05) is 0 Å². The molecule has 0 aliphatic carbocycles. The van der Waals surface area contributed by atoms with E-state index in [2.05, 4.69) is 10.1 Å². The molecule has 110 valence electrons. The molecule has 0 unspecified atom stereocenters. The van der Waals surface area contributed by atoms with Crippen molar-refractivity contribution >= 4 is 17.5 Å². The fourth-order valence-corrected chi connectivity index (χ4v) is 2.74. The second-order valence-corrected chi connectivity index (χ2v) is 5.44. The molecule has 2 aromatic heterocycles. The number of hydrogen-bond acceptors (Lipinski definition) is 4. The van der Waals surface area contributed by atoms with Crippen LogP contribution in [0.1, 0.15) is 36.7 Å². The summed E-state index contributed by atoms with van der Waals surface area (Å²) in [6.07, 6.45) is 5.39. The lowest BCUT2D eigenvalue weighted by molar-refractivity contribution is -0.150. The number of carbonyl (C=O) groups excluding carboxylic acids is 1. The maximum Gasteiger partial charge on any atom is 0.329 e. The fourth-order valence-electron chi connectivity index (χ4n) is 2.74. The van der Waals surface area contributed by atoms with Gasteiger partial charge in [0.2, 0.25) is 0 Å². The molecular formula is C14H16N4O3. The van der Waals surface area contributed by atoms with Crippen molar-refractivity contribution < 1.29 is 14.7 Å². The first-order chi connectivity index (χ1) is 10.0. The largest absolute Gasteiger partial charge is 0.480 e. The highest BCUT2D eigenvalue weighted by Crippen LogP contribution is 2.29. The zero-order chi connectivity index (χ0) is 15.0. The Hall–Kier alpha value is -2.44. The number of amides is 1. The number of hydrogen-bond donors (Lipinski definition) is 1. The number of carbonyl (C=O) groups is 2. The molecule has 0 radical (unpaired) electrons. The molecule has 1 saturated heterocycles. The predicted molar refractivity (Wildman–Crippen MR) is 73.9 cm³/mol. The van der Waals surface area contributed by atoms with Crippen LogP contribution in [0.4, 0.5) is 0 Å². The number of aliphatic carboxylic acids is 1. The monoisotopic (exact) mass is 288 g/mol. The Morgan fingerprint density at radius 3 is 2.90 bits per heavy atom. The summed E-state index contributed by atoms with van der Waals surface area (Å²) in [5, 5.41) is 13.7. The molecule has 1 aliphatic rings. The molecule has 1 N–H and O–H groups in total. The van der Waals surface area contributed by atoms with E-state index in [0.29, 0.717) is 18.6 Å². The van der Waals surface area contributed by atoms with Gasteiger partial charge in [-0.15, -0.1) is 0 Å². The molecule has 0 saturated carbocycles. The average Bonchev–Trinajstić information content (AvgIpc) is 2.91. The Morgan fingerprint density at radius 1 is 1.38 bits per heavy atom. The Balaban J connectivity index is 1.97. The number of carboxylic acid groups (broad SMARTS) is 1. The molecule has 1 atom stereocenters. The van der Waals surface area contributed by atoms with Gasteiger partial charge in [0.25, 0.3) is 5.91 Å². The number of piperidine rings is 1. The predicted octanol–water partition coefficient (Wildman–Crippen LogP) is 1.20. The Kier molecular flexibility index (Phi) is 3.12. The summed E-state index contributed by atoms with van der Waals surface area (Å²) < 4.78 is 1.51. The molecule has 7 nitrogen and oxygen atoms in total. The minimum Gasteiger partial charge on any atom is -0.480 e. The van der Waals surface area contributed by atoms with Gasteiger partial charge < -0.3 is 10.0 Å². The second-order valence-electron chi connectivity index (χ2n) is 5.44. The topological polar surface area (TPSA) is 87.8 Å². The van der Waals surface area contributed by atoms with E-state index in [9.17, 15) is 14.7 Å². The number of fused-ring (bicyclic) bond motifs is 1. The average molecular weight is 288 g/mol. The highest BCUT2D eigenvalue weighted by atomic mass is 16.4. The van der Waals surface area contributed by atoms with Crippen LogP contribution in [0.25, 0.3) is 5.65 Å². The highest BCUT2D eigenvalue weighted by Gasteiger charge is 2.44. The van der Waals surface area contributed by atoms with Gasteiger partial charge in [0, 0.05) is 25.0 Å². The van der Waals surface area contributed by atoms with Gasteiger partial charge in [-0.05, 0) is 32.3 Å². The van der Waals surface area contributed by atoms with E-state index in [4.69, 9.17) is 0 Å². The van der Waals surface area contributed by atoms with E-state index < -0.39 is 11.5 Å². The molecule has 7 heteroatoms. The van der Waals surface area contributed by atoms with Gasteiger partial charge in [0.05, 0.1) is 0 Å². The quantitative estimate of drug-likeness (QED) is 0.897. The van der Waals surface area contributed by atoms with Crippen LogP contribution in [-0.2, 0) is 4.79 Å². The number of aromatic nitrogens is 3. The van der Waals surface area contributed by atoms with Crippen molar-refractivity contribution in [2.75, 3.05) is 6.54 Å². The highest BCUT2D eigenvalue weighted by molar-refractivity contribution is 5.97. The molecule has 2 aromatic rings. The third-order valence-electron chi connectivity index (χ3n) is 4.05. The zero-order valence-corrected chi connectivity index (χ0v) is 11.7. The van der Waals surface area contributed by atoms with Crippen molar-refractivity contribution in [2.24, 2.45) is 0 Å². The van der Waals surface area contributed by atoms with E-state index in [1.165, 1.54) is 9.42 Å². The van der Waals surface area contributed by atoms with Crippen LogP contribution in [0.5, 0.6) is 0 Å². The van der Waals surface area contributed by atoms with Crippen LogP contribution < -0.4 is 0 Å². The van der Waals surface area contributed by atoms with E-state index in [0.717, 1.165) is 12.8 Å². The van der Waals surface area contributed by atoms with E-state index >= 15 is 0 Å². The lowest BCUT2D eigenvalue weighted by Crippen LogP contribution is -2.57. The van der Waals surface area contributed by atoms with Crippen molar-refractivity contribution in [2.45, 2.75) is 31.7 Å². The summed E-state index contributed by atoms with van der Waals surface area (Å²) in [6.45, 7) is 2.03. The first kappa shape index (κ1) is 13.5. The number of nitrogens with zero attached hydrogens (tertiary/aromatic N) is 4. The number of likely N-dealkylation sites (tertiary alicyclic amines) is 1. The van der Waals surface area contributed by atoms with Crippen LogP contribution in [0.3, 0.4) is 0 Å². The maximum atomic E-state index is 12.6. The van der Waals surface area contributed by atoms with Crippen LogP contribution in [-0.4, -0.2) is 48.6 Å². The molecule has 0 spiro atoms. The molecule has 1 fully saturated rings. The summed E-state index contributed by atoms with van der Waals surface area (Å²) in [7, 11) is 0. The van der Waals surface area contributed by atoms with Crippen molar-refractivity contribution in [1.29, 1.82) is 0 Å². The minimum atomic E-state index is -1.17. The molecule has 0 bridgehead atoms. The van der Waals surface area contributed by atoms with Gasteiger partial charge in [0.15, 0.2) is 11.3 Å². The third-order valence-corrected chi connectivity index (χ3v) is 4.05. The van der Waals surface area contributed by atoms with Gasteiger partial charge in [0.1, 0.15) is 5.54 Å². The first-order valence-electron chi connectivity index (χ1n) is 6.88. The SMILES string of the molecule is C[C@@]1(C(=O)O)CCCCN1C(=O)c1cc2ncccn2n1. The van der Waals surface area contributed by atoms with Gasteiger partial charge in [-0.3, -0.25) is 4.79 Å². The summed E-state index contributed by atoms with van der Waals surface area (Å²) in [5.41, 5.74) is -0.378. The van der Waals surface area contributed by atoms with Gasteiger partial charge >= 0.3 is 5.97 Å². The smallest absolute Gasteiger partial charge is 0.329 e. The molecule has 21 heavy (non-hydrogen) atoms. The summed E-state index contributed by atoms with van der Waals surface area (Å²) >= 11 is 0. The normalized spacial score (nSPS) is 22.4. The lowest BCUT2D eigenvalue weighted by Gasteiger charge is -2.41. The van der Waals surface area contributed by atoms with Gasteiger partial charge in [-0.25, -0.2) is 14.3 Å². The summed E-state index contributed by atoms with van der Waals surface area (Å²) in [4.78, 5) is 29.7. The first-order valence-corrected chi connectivity index (χ1v) is 6.88. The second kappa shape index (κ2) is 4.83. The molecule has 3 rings (SSSR count). The van der Waals surface area contributed by atoms with E-state index in [1.54, 1.807) is 31.5 Å². The van der Waals surface area contributed by atoms with Crippen LogP contribution in [0, 0.1) is 0 Å². The van der Waals surface area contributed by atoms with Gasteiger partial charge in [-0.1, -0.05) is 0 Å². The third kappa shape index (κ3) is 2.14. The molecule has 0 aromatic carbocycles. The molecule has 1 aliphatic heterocycles. The lowest BCUT2D eigenvalue weighted by atomic mass is 9.88. The molecule has 3 heterocycles. The van der Waals surface area contributed by atoms with Crippen molar-refractivity contribution in [3.8, 4) is 0 Å². The standard InChI is InChI=1S/C14H16N4O3/c1-14(13(20)21)5-2-3-7-17(14)12(19)10-9-11-15-6-4-8-18(11)16-10/h4,6,8-9H,2-3,5,7H2,1H3,(H,20,21)/t14-/m0/s1. The maximum absolute atomic E-state index is 12.6. The minimum absolute atomic E-state index is 0.225. The van der Waals surface area contributed by atoms with Crippen LogP contribution >= 0.6 is 0 Å². The van der Waals surface area contributed by atoms with Crippen molar-refractivity contribution in [3.63, 3.8) is 0 Å². The Morgan fingerprint density at radius 2 is 2.19 bits per heavy atom. The molecule has 1 amide bonds. The molecular weight excluding hydrogens is 272 g/mol. The van der Waals surface area contributed by atoms with Gasteiger partial charge in [-0.2, -0.15) is 5.10 Å². The van der Waals surface area contributed by atoms with Crippen LogP contribution in [0.15, 0.2) is 24.5 Å². The van der Waals surface area contributed by atoms with Crippen molar-refractivity contribution in [3.05, 3.63) is 30.2 Å². The Labute approximate surface area is 121 Å². The summed E-state index contributed by atoms with van der Waals surface area (Å²) in [6, 6.07) is 3.30. The fraction of sp³-hybridized carbons (Fsp3) is 0.429. The number of rotatable bonds is 2. The summed E-state index contributed by atoms with van der Waals surface area (Å²) in [5.74, 6) is -1.33. The van der Waals surface area contributed by atoms with E-state index in [-0.39, 0.29) is 11.6 Å². The van der Waals surface area contributed by atoms with Crippen molar-refractivity contribution in [1.82, 2.24) is 19.5 Å². The zero-order valence-electron chi connectivity index (χ0n) is 11.7. The number of carboxylic acids is 1.